The van der Waals surface area contributed by atoms with Gasteiger partial charge in [-0.25, -0.2) is 4.39 Å². The Morgan fingerprint density at radius 1 is 1.12 bits per heavy atom. The summed E-state index contributed by atoms with van der Waals surface area (Å²) in [5.74, 6) is 0.580. The summed E-state index contributed by atoms with van der Waals surface area (Å²) in [6, 6.07) is 10.8. The first-order valence-corrected chi connectivity index (χ1v) is 5.62. The summed E-state index contributed by atoms with van der Waals surface area (Å²) in [4.78, 5) is 0. The Hall–Kier alpha value is -1.83. The third-order valence-corrected chi connectivity index (χ3v) is 2.98. The molecule has 0 N–H and O–H groups in total. The van der Waals surface area contributed by atoms with E-state index >= 15 is 0 Å². The van der Waals surface area contributed by atoms with Gasteiger partial charge in [0, 0.05) is 17.5 Å². The van der Waals surface area contributed by atoms with Gasteiger partial charge < -0.3 is 4.74 Å². The van der Waals surface area contributed by atoms with Crippen LogP contribution in [0.5, 0.6) is 5.75 Å². The molecule has 3 rings (SSSR count). The minimum Gasteiger partial charge on any atom is -0.485 e. The standard InChI is InChI=1S/C15H12FO/c1-10-8-11-6-7-17-15(11)13(9-10)12-4-2-3-5-14(12)16/h2-5,7-9H,6H2,1H3. The van der Waals surface area contributed by atoms with E-state index in [1.807, 2.05) is 19.1 Å². The highest BCUT2D eigenvalue weighted by molar-refractivity contribution is 5.74. The molecule has 0 bridgehead atoms. The summed E-state index contributed by atoms with van der Waals surface area (Å²) >= 11 is 0. The quantitative estimate of drug-likeness (QED) is 0.718. The smallest absolute Gasteiger partial charge is 0.140 e. The maximum atomic E-state index is 13.8. The van der Waals surface area contributed by atoms with Gasteiger partial charge in [0.2, 0.25) is 0 Å². The van der Waals surface area contributed by atoms with Crippen LogP contribution in [0, 0.1) is 19.3 Å². The molecule has 0 atom stereocenters. The maximum Gasteiger partial charge on any atom is 0.140 e. The van der Waals surface area contributed by atoms with Crippen molar-refractivity contribution >= 4 is 0 Å². The number of halogens is 1. The number of benzene rings is 2. The summed E-state index contributed by atoms with van der Waals surface area (Å²) in [6.45, 7) is 3.78. The van der Waals surface area contributed by atoms with Crippen LogP contribution in [0.3, 0.4) is 0 Å². The van der Waals surface area contributed by atoms with Crippen molar-refractivity contribution in [1.82, 2.24) is 0 Å². The molecule has 1 heterocycles. The maximum absolute atomic E-state index is 13.8. The molecule has 0 spiro atoms. The molecule has 0 saturated carbocycles. The molecule has 1 radical (unpaired) electrons. The Morgan fingerprint density at radius 3 is 2.76 bits per heavy atom. The number of aryl methyl sites for hydroxylation is 1. The molecule has 0 aliphatic carbocycles. The summed E-state index contributed by atoms with van der Waals surface area (Å²) in [5, 5.41) is 0. The molecule has 2 heteroatoms. The van der Waals surface area contributed by atoms with Crippen molar-refractivity contribution in [2.45, 2.75) is 13.3 Å². The average Bonchev–Trinajstić information content (AvgIpc) is 2.76. The molecule has 1 aliphatic rings. The molecule has 0 fully saturated rings. The molecule has 0 amide bonds. The molecular weight excluding hydrogens is 215 g/mol. The van der Waals surface area contributed by atoms with Crippen LogP contribution in [0.25, 0.3) is 11.1 Å². The summed E-state index contributed by atoms with van der Waals surface area (Å²) < 4.78 is 19.3. The number of hydrogen-bond donors (Lipinski definition) is 0. The fourth-order valence-electron chi connectivity index (χ4n) is 2.23. The van der Waals surface area contributed by atoms with E-state index in [2.05, 4.69) is 6.07 Å². The van der Waals surface area contributed by atoms with E-state index in [9.17, 15) is 4.39 Å². The number of ether oxygens (including phenoxy) is 1. The third-order valence-electron chi connectivity index (χ3n) is 2.98. The molecule has 1 aliphatic heterocycles. The van der Waals surface area contributed by atoms with Gasteiger partial charge in [0.05, 0.1) is 0 Å². The zero-order chi connectivity index (χ0) is 11.8. The minimum atomic E-state index is -0.212. The van der Waals surface area contributed by atoms with E-state index in [1.165, 1.54) is 6.07 Å². The van der Waals surface area contributed by atoms with Crippen LogP contribution in [-0.4, -0.2) is 0 Å². The van der Waals surface area contributed by atoms with E-state index in [4.69, 9.17) is 4.74 Å². The first kappa shape index (κ1) is 10.3. The van der Waals surface area contributed by atoms with Crippen molar-refractivity contribution in [2.75, 3.05) is 0 Å². The monoisotopic (exact) mass is 227 g/mol. The van der Waals surface area contributed by atoms with Gasteiger partial charge in [-0.3, -0.25) is 0 Å². The van der Waals surface area contributed by atoms with Crippen molar-refractivity contribution in [3.63, 3.8) is 0 Å². The van der Waals surface area contributed by atoms with Crippen molar-refractivity contribution in [2.24, 2.45) is 0 Å². The Bertz CT molecular complexity index is 575. The van der Waals surface area contributed by atoms with Gasteiger partial charge in [0.25, 0.3) is 0 Å². The Kier molecular flexibility index (Phi) is 2.36. The fourth-order valence-corrected chi connectivity index (χ4v) is 2.23. The van der Waals surface area contributed by atoms with Crippen LogP contribution in [0.1, 0.15) is 11.1 Å². The Balaban J connectivity index is 2.25. The predicted octanol–water partition coefficient (Wildman–Crippen LogP) is 3.90. The lowest BCUT2D eigenvalue weighted by Gasteiger charge is -2.10. The Labute approximate surface area is 99.9 Å². The van der Waals surface area contributed by atoms with Crippen molar-refractivity contribution in [3.05, 3.63) is 59.9 Å². The van der Waals surface area contributed by atoms with Gasteiger partial charge in [-0.2, -0.15) is 0 Å². The van der Waals surface area contributed by atoms with Crippen LogP contribution < -0.4 is 4.74 Å². The molecule has 0 aromatic heterocycles. The van der Waals surface area contributed by atoms with Gasteiger partial charge in [-0.15, -0.1) is 0 Å². The zero-order valence-corrected chi connectivity index (χ0v) is 9.53. The van der Waals surface area contributed by atoms with Crippen LogP contribution in [-0.2, 0) is 6.42 Å². The molecule has 0 unspecified atom stereocenters. The first-order chi connectivity index (χ1) is 8.25. The molecule has 1 nitrogen and oxygen atoms in total. The van der Waals surface area contributed by atoms with Gasteiger partial charge >= 0.3 is 0 Å². The van der Waals surface area contributed by atoms with Crippen LogP contribution in [0.2, 0.25) is 0 Å². The largest absolute Gasteiger partial charge is 0.485 e. The number of rotatable bonds is 1. The minimum absolute atomic E-state index is 0.212. The van der Waals surface area contributed by atoms with E-state index in [0.29, 0.717) is 5.56 Å². The average molecular weight is 227 g/mol. The second-order valence-electron chi connectivity index (χ2n) is 4.27. The summed E-state index contributed by atoms with van der Waals surface area (Å²) in [6.07, 6.45) is 0.790. The Morgan fingerprint density at radius 2 is 1.94 bits per heavy atom. The van der Waals surface area contributed by atoms with Gasteiger partial charge in [-0.05, 0) is 30.2 Å². The van der Waals surface area contributed by atoms with E-state index < -0.39 is 0 Å². The van der Waals surface area contributed by atoms with Crippen molar-refractivity contribution in [3.8, 4) is 16.9 Å². The van der Waals surface area contributed by atoms with Crippen molar-refractivity contribution in [1.29, 1.82) is 0 Å². The van der Waals surface area contributed by atoms with Gasteiger partial charge in [0.15, 0.2) is 0 Å². The lowest BCUT2D eigenvalue weighted by Crippen LogP contribution is -1.90. The first-order valence-electron chi connectivity index (χ1n) is 5.62. The second kappa shape index (κ2) is 3.88. The second-order valence-corrected chi connectivity index (χ2v) is 4.27. The molecule has 85 valence electrons. The SMILES string of the molecule is Cc1cc2c(c(-c3ccccc3F)c1)O[CH]C2. The normalized spacial score (nSPS) is 13.3. The van der Waals surface area contributed by atoms with Crippen molar-refractivity contribution < 1.29 is 9.13 Å². The van der Waals surface area contributed by atoms with Gasteiger partial charge in [-0.1, -0.05) is 24.3 Å². The van der Waals surface area contributed by atoms with E-state index in [0.717, 1.165) is 28.9 Å². The highest BCUT2D eigenvalue weighted by atomic mass is 19.1. The highest BCUT2D eigenvalue weighted by Gasteiger charge is 2.20. The zero-order valence-electron chi connectivity index (χ0n) is 9.53. The van der Waals surface area contributed by atoms with E-state index in [1.54, 1.807) is 18.7 Å². The highest BCUT2D eigenvalue weighted by Crippen LogP contribution is 2.39. The lowest BCUT2D eigenvalue weighted by molar-refractivity contribution is 0.436. The predicted molar refractivity (Wildman–Crippen MR) is 65.2 cm³/mol. The van der Waals surface area contributed by atoms with Gasteiger partial charge in [0.1, 0.15) is 18.2 Å². The lowest BCUT2D eigenvalue weighted by atomic mass is 9.98. The molecule has 2 aromatic carbocycles. The summed E-state index contributed by atoms with van der Waals surface area (Å²) in [5.41, 5.74) is 3.69. The fraction of sp³-hybridized carbons (Fsp3) is 0.133. The molecule has 2 aromatic rings. The summed E-state index contributed by atoms with van der Waals surface area (Å²) in [7, 11) is 0. The van der Waals surface area contributed by atoms with Crippen LogP contribution in [0.15, 0.2) is 36.4 Å². The molecule has 17 heavy (non-hydrogen) atoms. The van der Waals surface area contributed by atoms with Crippen LogP contribution >= 0.6 is 0 Å². The van der Waals surface area contributed by atoms with E-state index in [-0.39, 0.29) is 5.82 Å². The third kappa shape index (κ3) is 1.70. The molecule has 0 saturated heterocycles. The number of fused-ring (bicyclic) bond motifs is 1. The topological polar surface area (TPSA) is 9.23 Å². The van der Waals surface area contributed by atoms with Crippen LogP contribution in [0.4, 0.5) is 4.39 Å². The number of hydrogen-bond acceptors (Lipinski definition) is 1. The molecular formula is C15H12FO.